The SMILES string of the molecule is Cc1ccccc1/C=C/C(=O)N1CCN([C@@H]2CCS(=O)(=O)C2)CC1. The minimum absolute atomic E-state index is 0.0250. The van der Waals surface area contributed by atoms with Crippen LogP contribution < -0.4 is 0 Å². The fraction of sp³-hybridized carbons (Fsp3) is 0.500. The Hall–Kier alpha value is -1.66. The molecule has 0 radical (unpaired) electrons. The fourth-order valence-corrected chi connectivity index (χ4v) is 5.17. The molecule has 24 heavy (non-hydrogen) atoms. The lowest BCUT2D eigenvalue weighted by Gasteiger charge is -2.37. The Balaban J connectivity index is 1.53. The summed E-state index contributed by atoms with van der Waals surface area (Å²) in [7, 11) is -2.85. The maximum Gasteiger partial charge on any atom is 0.246 e. The van der Waals surface area contributed by atoms with E-state index in [0.717, 1.165) is 30.6 Å². The molecule has 1 aromatic carbocycles. The van der Waals surface area contributed by atoms with Crippen molar-refractivity contribution in [3.63, 3.8) is 0 Å². The Labute approximate surface area is 143 Å². The molecular formula is C18H24N2O3S. The van der Waals surface area contributed by atoms with Gasteiger partial charge in [0.25, 0.3) is 0 Å². The monoisotopic (exact) mass is 348 g/mol. The second-order valence-electron chi connectivity index (χ2n) is 6.61. The number of sulfone groups is 1. The fourth-order valence-electron chi connectivity index (χ4n) is 3.41. The number of amides is 1. The van der Waals surface area contributed by atoms with Crippen LogP contribution in [0.2, 0.25) is 0 Å². The van der Waals surface area contributed by atoms with Crippen LogP contribution in [0.5, 0.6) is 0 Å². The van der Waals surface area contributed by atoms with Crippen molar-refractivity contribution in [2.24, 2.45) is 0 Å². The van der Waals surface area contributed by atoms with Crippen molar-refractivity contribution < 1.29 is 13.2 Å². The average Bonchev–Trinajstić information content (AvgIpc) is 2.94. The van der Waals surface area contributed by atoms with Gasteiger partial charge in [0.1, 0.15) is 0 Å². The third-order valence-corrected chi connectivity index (χ3v) is 6.70. The molecule has 0 saturated carbocycles. The van der Waals surface area contributed by atoms with Gasteiger partial charge in [-0.2, -0.15) is 0 Å². The predicted molar refractivity (Wildman–Crippen MR) is 95.4 cm³/mol. The number of carbonyl (C=O) groups is 1. The standard InChI is InChI=1S/C18H24N2O3S/c1-15-4-2-3-5-16(15)6-7-18(21)20-11-9-19(10-12-20)17-8-13-24(22,23)14-17/h2-7,17H,8-14H2,1H3/b7-6+/t17-/m1/s1. The van der Waals surface area contributed by atoms with Crippen LogP contribution in [0.25, 0.3) is 6.08 Å². The third kappa shape index (κ3) is 4.05. The molecule has 5 nitrogen and oxygen atoms in total. The van der Waals surface area contributed by atoms with Gasteiger partial charge in [-0.25, -0.2) is 8.42 Å². The molecule has 2 heterocycles. The van der Waals surface area contributed by atoms with Crippen molar-refractivity contribution in [1.29, 1.82) is 0 Å². The van der Waals surface area contributed by atoms with E-state index in [1.165, 1.54) is 0 Å². The van der Waals surface area contributed by atoms with E-state index in [1.807, 2.05) is 42.2 Å². The van der Waals surface area contributed by atoms with Crippen molar-refractivity contribution in [3.05, 3.63) is 41.5 Å². The quantitative estimate of drug-likeness (QED) is 0.774. The van der Waals surface area contributed by atoms with Gasteiger partial charge in [0.05, 0.1) is 11.5 Å². The normalized spacial score (nSPS) is 24.5. The lowest BCUT2D eigenvalue weighted by atomic mass is 10.1. The first-order valence-corrected chi connectivity index (χ1v) is 10.2. The van der Waals surface area contributed by atoms with Gasteiger partial charge in [-0.1, -0.05) is 24.3 Å². The molecule has 2 aliphatic rings. The maximum atomic E-state index is 12.3. The number of hydrogen-bond acceptors (Lipinski definition) is 4. The first-order chi connectivity index (χ1) is 11.4. The molecular weight excluding hydrogens is 324 g/mol. The molecule has 1 aromatic rings. The van der Waals surface area contributed by atoms with Crippen LogP contribution in [0.1, 0.15) is 17.5 Å². The van der Waals surface area contributed by atoms with Crippen LogP contribution >= 0.6 is 0 Å². The minimum Gasteiger partial charge on any atom is -0.337 e. The van der Waals surface area contributed by atoms with Crippen molar-refractivity contribution in [3.8, 4) is 0 Å². The van der Waals surface area contributed by atoms with Gasteiger partial charge >= 0.3 is 0 Å². The Morgan fingerprint density at radius 1 is 1.17 bits per heavy atom. The molecule has 0 bridgehead atoms. The number of rotatable bonds is 3. The summed E-state index contributed by atoms with van der Waals surface area (Å²) in [5.74, 6) is 0.598. The van der Waals surface area contributed by atoms with Gasteiger partial charge in [0.15, 0.2) is 9.84 Å². The first-order valence-electron chi connectivity index (χ1n) is 8.42. The van der Waals surface area contributed by atoms with E-state index >= 15 is 0 Å². The summed E-state index contributed by atoms with van der Waals surface area (Å²) in [6.07, 6.45) is 4.23. The molecule has 6 heteroatoms. The molecule has 1 atom stereocenters. The summed E-state index contributed by atoms with van der Waals surface area (Å²) in [5.41, 5.74) is 2.20. The zero-order valence-electron chi connectivity index (χ0n) is 14.0. The zero-order valence-corrected chi connectivity index (χ0v) is 14.8. The molecule has 130 valence electrons. The number of carbonyl (C=O) groups excluding carboxylic acids is 1. The van der Waals surface area contributed by atoms with Crippen LogP contribution in [0, 0.1) is 6.92 Å². The number of aryl methyl sites for hydroxylation is 1. The van der Waals surface area contributed by atoms with E-state index < -0.39 is 9.84 Å². The van der Waals surface area contributed by atoms with Crippen LogP contribution in [0.3, 0.4) is 0 Å². The summed E-state index contributed by atoms with van der Waals surface area (Å²) in [4.78, 5) is 16.4. The summed E-state index contributed by atoms with van der Waals surface area (Å²) < 4.78 is 23.2. The molecule has 0 unspecified atom stereocenters. The number of nitrogens with zero attached hydrogens (tertiary/aromatic N) is 2. The highest BCUT2D eigenvalue weighted by molar-refractivity contribution is 7.91. The van der Waals surface area contributed by atoms with Gasteiger partial charge in [-0.15, -0.1) is 0 Å². The molecule has 0 N–H and O–H groups in total. The summed E-state index contributed by atoms with van der Waals surface area (Å²) in [6, 6.07) is 8.10. The summed E-state index contributed by atoms with van der Waals surface area (Å²) in [5, 5.41) is 0. The molecule has 0 spiro atoms. The third-order valence-electron chi connectivity index (χ3n) is 4.94. The molecule has 2 saturated heterocycles. The second kappa shape index (κ2) is 7.07. The highest BCUT2D eigenvalue weighted by Gasteiger charge is 2.34. The Morgan fingerprint density at radius 3 is 2.50 bits per heavy atom. The van der Waals surface area contributed by atoms with Crippen LogP contribution in [-0.4, -0.2) is 67.9 Å². The lowest BCUT2D eigenvalue weighted by molar-refractivity contribution is -0.127. The van der Waals surface area contributed by atoms with Crippen molar-refractivity contribution in [2.75, 3.05) is 37.7 Å². The van der Waals surface area contributed by atoms with E-state index in [9.17, 15) is 13.2 Å². The van der Waals surface area contributed by atoms with Gasteiger partial charge < -0.3 is 4.90 Å². The molecule has 3 rings (SSSR count). The van der Waals surface area contributed by atoms with Gasteiger partial charge in [0.2, 0.25) is 5.91 Å². The molecule has 0 aliphatic carbocycles. The minimum atomic E-state index is -2.85. The van der Waals surface area contributed by atoms with E-state index in [4.69, 9.17) is 0 Å². The average molecular weight is 348 g/mol. The first kappa shape index (κ1) is 17.2. The molecule has 2 fully saturated rings. The van der Waals surface area contributed by atoms with E-state index in [0.29, 0.717) is 18.8 Å². The number of benzene rings is 1. The Kier molecular flexibility index (Phi) is 5.06. The summed E-state index contributed by atoms with van der Waals surface area (Å²) in [6.45, 7) is 4.85. The Morgan fingerprint density at radius 2 is 1.88 bits per heavy atom. The van der Waals surface area contributed by atoms with E-state index in [1.54, 1.807) is 6.08 Å². The van der Waals surface area contributed by atoms with Crippen molar-refractivity contribution >= 4 is 21.8 Å². The van der Waals surface area contributed by atoms with Gasteiger partial charge in [-0.05, 0) is 30.5 Å². The Bertz CT molecular complexity index is 734. The van der Waals surface area contributed by atoms with Crippen molar-refractivity contribution in [1.82, 2.24) is 9.80 Å². The summed E-state index contributed by atoms with van der Waals surface area (Å²) >= 11 is 0. The largest absolute Gasteiger partial charge is 0.337 e. The van der Waals surface area contributed by atoms with Gasteiger partial charge in [0, 0.05) is 38.3 Å². The van der Waals surface area contributed by atoms with Crippen molar-refractivity contribution in [2.45, 2.75) is 19.4 Å². The zero-order chi connectivity index (χ0) is 17.2. The highest BCUT2D eigenvalue weighted by atomic mass is 32.2. The molecule has 2 aliphatic heterocycles. The van der Waals surface area contributed by atoms with E-state index in [-0.39, 0.29) is 17.7 Å². The molecule has 1 amide bonds. The van der Waals surface area contributed by atoms with E-state index in [2.05, 4.69) is 4.90 Å². The lowest BCUT2D eigenvalue weighted by Crippen LogP contribution is -2.52. The maximum absolute atomic E-state index is 12.3. The number of piperazine rings is 1. The van der Waals surface area contributed by atoms with Gasteiger partial charge in [-0.3, -0.25) is 9.69 Å². The predicted octanol–water partition coefficient (Wildman–Crippen LogP) is 1.34. The van der Waals surface area contributed by atoms with Crippen LogP contribution in [0.15, 0.2) is 30.3 Å². The van der Waals surface area contributed by atoms with Crippen LogP contribution in [-0.2, 0) is 14.6 Å². The number of hydrogen-bond donors (Lipinski definition) is 0. The topological polar surface area (TPSA) is 57.7 Å². The highest BCUT2D eigenvalue weighted by Crippen LogP contribution is 2.19. The van der Waals surface area contributed by atoms with Crippen LogP contribution in [0.4, 0.5) is 0 Å². The molecule has 0 aromatic heterocycles. The second-order valence-corrected chi connectivity index (χ2v) is 8.84. The smallest absolute Gasteiger partial charge is 0.246 e.